The van der Waals surface area contributed by atoms with Crippen LogP contribution < -0.4 is 4.74 Å². The lowest BCUT2D eigenvalue weighted by Gasteiger charge is -2.10. The van der Waals surface area contributed by atoms with Crippen molar-refractivity contribution in [2.75, 3.05) is 20.4 Å². The maximum Gasteiger partial charge on any atom is 0.209 e. The van der Waals surface area contributed by atoms with Gasteiger partial charge in [0, 0.05) is 25.9 Å². The molecule has 2 aromatic rings. The van der Waals surface area contributed by atoms with Crippen molar-refractivity contribution >= 4 is 34.1 Å². The number of nitrogens with zero attached hydrogens (tertiary/aromatic N) is 1. The highest BCUT2D eigenvalue weighted by atomic mass is 79.9. The number of rotatable bonds is 5. The number of thioether (sulfide) groups is 1. The SMILES string of the molecule is CN(C)C=O.CSCc1ccc(Oc2ccc(F)cc2F)c(Br)c1. The second-order valence-corrected chi connectivity index (χ2v) is 6.66. The molecule has 2 aromatic carbocycles. The van der Waals surface area contributed by atoms with Crippen LogP contribution in [0.2, 0.25) is 0 Å². The van der Waals surface area contributed by atoms with Crippen LogP contribution in [0.5, 0.6) is 11.5 Å². The van der Waals surface area contributed by atoms with Gasteiger partial charge in [-0.2, -0.15) is 11.8 Å². The first-order chi connectivity index (χ1) is 11.4. The number of carbonyl (C=O) groups excluding carboxylic acids is 1. The molecule has 0 radical (unpaired) electrons. The highest BCUT2D eigenvalue weighted by Gasteiger charge is 2.09. The van der Waals surface area contributed by atoms with E-state index in [0.29, 0.717) is 5.75 Å². The monoisotopic (exact) mass is 417 g/mol. The molecule has 0 unspecified atom stereocenters. The fourth-order valence-electron chi connectivity index (χ4n) is 1.56. The Morgan fingerprint density at radius 2 is 1.79 bits per heavy atom. The van der Waals surface area contributed by atoms with Crippen LogP contribution in [0, 0.1) is 11.6 Å². The molecule has 2 rings (SSSR count). The Bertz CT molecular complexity index is 684. The lowest BCUT2D eigenvalue weighted by molar-refractivity contribution is -0.115. The van der Waals surface area contributed by atoms with Crippen molar-refractivity contribution in [1.82, 2.24) is 4.90 Å². The third-order valence-electron chi connectivity index (χ3n) is 2.63. The van der Waals surface area contributed by atoms with E-state index >= 15 is 0 Å². The van der Waals surface area contributed by atoms with E-state index in [1.54, 1.807) is 31.9 Å². The molecule has 0 fully saturated rings. The van der Waals surface area contributed by atoms with Gasteiger partial charge in [-0.05, 0) is 52.0 Å². The van der Waals surface area contributed by atoms with Crippen LogP contribution in [0.25, 0.3) is 0 Å². The normalized spacial score (nSPS) is 9.75. The van der Waals surface area contributed by atoms with Gasteiger partial charge in [0.1, 0.15) is 11.6 Å². The van der Waals surface area contributed by atoms with Crippen molar-refractivity contribution in [3.8, 4) is 11.5 Å². The van der Waals surface area contributed by atoms with Gasteiger partial charge in [0.25, 0.3) is 0 Å². The quantitative estimate of drug-likeness (QED) is 0.634. The van der Waals surface area contributed by atoms with Gasteiger partial charge in [-0.15, -0.1) is 0 Å². The molecule has 130 valence electrons. The zero-order chi connectivity index (χ0) is 18.1. The van der Waals surface area contributed by atoms with Crippen molar-refractivity contribution in [2.45, 2.75) is 5.75 Å². The lowest BCUT2D eigenvalue weighted by Crippen LogP contribution is -2.06. The van der Waals surface area contributed by atoms with Crippen molar-refractivity contribution in [2.24, 2.45) is 0 Å². The van der Waals surface area contributed by atoms with E-state index in [2.05, 4.69) is 15.9 Å². The van der Waals surface area contributed by atoms with Gasteiger partial charge in [0.2, 0.25) is 6.41 Å². The zero-order valence-corrected chi connectivity index (χ0v) is 16.0. The predicted molar refractivity (Wildman–Crippen MR) is 97.5 cm³/mol. The number of halogens is 3. The van der Waals surface area contributed by atoms with E-state index in [-0.39, 0.29) is 5.75 Å². The van der Waals surface area contributed by atoms with Gasteiger partial charge in [-0.3, -0.25) is 4.79 Å². The minimum absolute atomic E-state index is 0.000262. The summed E-state index contributed by atoms with van der Waals surface area (Å²) in [6.45, 7) is 0. The van der Waals surface area contributed by atoms with Crippen molar-refractivity contribution in [1.29, 1.82) is 0 Å². The van der Waals surface area contributed by atoms with Gasteiger partial charge in [0.15, 0.2) is 11.6 Å². The first-order valence-corrected chi connectivity index (χ1v) is 9.08. The topological polar surface area (TPSA) is 29.5 Å². The molecule has 24 heavy (non-hydrogen) atoms. The average molecular weight is 418 g/mol. The third kappa shape index (κ3) is 6.88. The number of benzene rings is 2. The summed E-state index contributed by atoms with van der Waals surface area (Å²) in [6.07, 6.45) is 2.77. The molecule has 7 heteroatoms. The van der Waals surface area contributed by atoms with Crippen LogP contribution in [0.1, 0.15) is 5.56 Å². The minimum atomic E-state index is -0.722. The molecule has 3 nitrogen and oxygen atoms in total. The number of amides is 1. The maximum absolute atomic E-state index is 13.5. The Hall–Kier alpha value is -1.60. The molecule has 0 bridgehead atoms. The second-order valence-electron chi connectivity index (χ2n) is 4.94. The van der Waals surface area contributed by atoms with Crippen molar-refractivity contribution in [3.63, 3.8) is 0 Å². The van der Waals surface area contributed by atoms with Gasteiger partial charge in [0.05, 0.1) is 4.47 Å². The Morgan fingerprint density at radius 3 is 2.29 bits per heavy atom. The summed E-state index contributed by atoms with van der Waals surface area (Å²) in [6, 6.07) is 8.83. The van der Waals surface area contributed by atoms with E-state index in [0.717, 1.165) is 34.3 Å². The molecular weight excluding hydrogens is 400 g/mol. The van der Waals surface area contributed by atoms with Crippen LogP contribution in [0.15, 0.2) is 40.9 Å². The van der Waals surface area contributed by atoms with Crippen LogP contribution in [-0.2, 0) is 10.5 Å². The summed E-state index contributed by atoms with van der Waals surface area (Å²) >= 11 is 5.10. The Kier molecular flexibility index (Phi) is 8.78. The second kappa shape index (κ2) is 10.3. The lowest BCUT2D eigenvalue weighted by atomic mass is 10.2. The molecule has 0 saturated carbocycles. The summed E-state index contributed by atoms with van der Waals surface area (Å²) < 4.78 is 32.5. The summed E-state index contributed by atoms with van der Waals surface area (Å²) in [5, 5.41) is 0. The Labute approximate surface area is 153 Å². The van der Waals surface area contributed by atoms with E-state index < -0.39 is 11.6 Å². The molecule has 0 aliphatic heterocycles. The molecule has 0 saturated heterocycles. The zero-order valence-electron chi connectivity index (χ0n) is 13.6. The molecule has 0 atom stereocenters. The number of hydrogen-bond acceptors (Lipinski definition) is 3. The van der Waals surface area contributed by atoms with Gasteiger partial charge in [-0.25, -0.2) is 8.78 Å². The van der Waals surface area contributed by atoms with E-state index in [4.69, 9.17) is 4.74 Å². The third-order valence-corrected chi connectivity index (χ3v) is 3.87. The largest absolute Gasteiger partial charge is 0.453 e. The Balaban J connectivity index is 0.000000505. The van der Waals surface area contributed by atoms with Crippen molar-refractivity contribution < 1.29 is 18.3 Å². The molecule has 0 aromatic heterocycles. The highest BCUT2D eigenvalue weighted by Crippen LogP contribution is 2.32. The molecule has 0 spiro atoms. The number of carbonyl (C=O) groups is 1. The fourth-order valence-corrected chi connectivity index (χ4v) is 2.58. The summed E-state index contributed by atoms with van der Waals surface area (Å²) in [4.78, 5) is 10.9. The summed E-state index contributed by atoms with van der Waals surface area (Å²) in [5.74, 6) is 0.0402. The average Bonchev–Trinajstić information content (AvgIpc) is 2.53. The van der Waals surface area contributed by atoms with Crippen molar-refractivity contribution in [3.05, 3.63) is 58.1 Å². The predicted octanol–water partition coefficient (Wildman–Crippen LogP) is 5.09. The first kappa shape index (κ1) is 20.4. The van der Waals surface area contributed by atoms with Crippen LogP contribution in [0.4, 0.5) is 8.78 Å². The summed E-state index contributed by atoms with van der Waals surface area (Å²) in [7, 11) is 3.38. The standard InChI is InChI=1S/C14H11BrF2OS.C3H7NO/c1-19-8-9-2-4-13(11(15)6-9)18-14-5-3-10(16)7-12(14)17;1-4(2)3-5/h2-7H,8H2,1H3;3H,1-2H3. The molecule has 0 heterocycles. The van der Waals surface area contributed by atoms with Crippen LogP contribution in [-0.4, -0.2) is 31.7 Å². The van der Waals surface area contributed by atoms with Gasteiger partial charge < -0.3 is 9.64 Å². The summed E-state index contributed by atoms with van der Waals surface area (Å²) in [5.41, 5.74) is 1.14. The fraction of sp³-hybridized carbons (Fsp3) is 0.235. The highest BCUT2D eigenvalue weighted by molar-refractivity contribution is 9.10. The van der Waals surface area contributed by atoms with Crippen LogP contribution in [0.3, 0.4) is 0 Å². The minimum Gasteiger partial charge on any atom is -0.453 e. The molecular formula is C17H18BrF2NO2S. The molecule has 0 aliphatic rings. The number of ether oxygens (including phenoxy) is 1. The van der Waals surface area contributed by atoms with E-state index in [1.807, 2.05) is 18.4 Å². The molecule has 0 N–H and O–H groups in total. The van der Waals surface area contributed by atoms with E-state index in [9.17, 15) is 13.6 Å². The number of hydrogen-bond donors (Lipinski definition) is 0. The first-order valence-electron chi connectivity index (χ1n) is 6.89. The van der Waals surface area contributed by atoms with Gasteiger partial charge in [-0.1, -0.05) is 6.07 Å². The maximum atomic E-state index is 13.5. The molecule has 1 amide bonds. The van der Waals surface area contributed by atoms with Crippen LogP contribution >= 0.6 is 27.7 Å². The molecule has 0 aliphatic carbocycles. The smallest absolute Gasteiger partial charge is 0.209 e. The Morgan fingerprint density at radius 1 is 1.17 bits per heavy atom. The van der Waals surface area contributed by atoms with E-state index in [1.165, 1.54) is 11.0 Å². The van der Waals surface area contributed by atoms with Gasteiger partial charge >= 0.3 is 0 Å².